The highest BCUT2D eigenvalue weighted by Gasteiger charge is 1.98. The molecule has 0 saturated carbocycles. The fraction of sp³-hybridized carbons (Fsp3) is 0.125. The van der Waals surface area contributed by atoms with E-state index in [9.17, 15) is 0 Å². The van der Waals surface area contributed by atoms with E-state index < -0.39 is 0 Å². The Morgan fingerprint density at radius 3 is 2.92 bits per heavy atom. The molecule has 0 aromatic heterocycles. The maximum atomic E-state index is 5.91. The van der Waals surface area contributed by atoms with Gasteiger partial charge in [0.05, 0.1) is 11.7 Å². The zero-order chi connectivity index (χ0) is 8.97. The summed E-state index contributed by atoms with van der Waals surface area (Å²) in [6, 6.07) is 5.65. The maximum absolute atomic E-state index is 5.91. The Hall–Kier alpha value is -0.210. The Morgan fingerprint density at radius 2 is 2.33 bits per heavy atom. The molecule has 0 heterocycles. The normalized spacial score (nSPS) is 9.17. The molecule has 0 N–H and O–H groups in total. The molecule has 0 fully saturated rings. The van der Waals surface area contributed by atoms with Crippen molar-refractivity contribution in [1.82, 2.24) is 0 Å². The van der Waals surface area contributed by atoms with E-state index in [-0.39, 0.29) is 0 Å². The molecule has 0 radical (unpaired) electrons. The average molecular weight is 263 g/mol. The molecule has 0 spiro atoms. The van der Waals surface area contributed by atoms with Gasteiger partial charge in [-0.25, -0.2) is 4.99 Å². The van der Waals surface area contributed by atoms with Crippen LogP contribution in [0, 0.1) is 0 Å². The number of aliphatic imine (C=N–C) groups is 1. The van der Waals surface area contributed by atoms with Gasteiger partial charge in [-0.15, -0.1) is 0 Å². The largest absolute Gasteiger partial charge is 0.228 e. The van der Waals surface area contributed by atoms with Crippen LogP contribution < -0.4 is 0 Å². The molecule has 0 atom stereocenters. The summed E-state index contributed by atoms with van der Waals surface area (Å²) < 4.78 is 0.961. The molecular weight excluding hydrogens is 258 g/mol. The Morgan fingerprint density at radius 1 is 1.58 bits per heavy atom. The number of thiocarbonyl (C=S) groups is 1. The van der Waals surface area contributed by atoms with Gasteiger partial charge in [0, 0.05) is 9.50 Å². The Balaban J connectivity index is 2.93. The summed E-state index contributed by atoms with van der Waals surface area (Å²) in [7, 11) is 0. The number of rotatable bonds is 2. The molecule has 0 aliphatic rings. The quantitative estimate of drug-likeness (QED) is 0.585. The van der Waals surface area contributed by atoms with Gasteiger partial charge in [0.15, 0.2) is 0 Å². The molecule has 12 heavy (non-hydrogen) atoms. The first-order chi connectivity index (χ1) is 5.74. The molecule has 0 bridgehead atoms. The van der Waals surface area contributed by atoms with Crippen molar-refractivity contribution in [3.8, 4) is 0 Å². The standard InChI is InChI=1S/C8H5BrClNS/c9-7-2-1-6(4-11-5-12)8(10)3-7/h1-3H,4H2. The van der Waals surface area contributed by atoms with Crippen molar-refractivity contribution < 1.29 is 0 Å². The molecule has 0 amide bonds. The molecule has 0 saturated heterocycles. The highest BCUT2D eigenvalue weighted by atomic mass is 79.9. The highest BCUT2D eigenvalue weighted by molar-refractivity contribution is 9.10. The molecule has 4 heteroatoms. The van der Waals surface area contributed by atoms with Crippen LogP contribution in [0.25, 0.3) is 0 Å². The zero-order valence-electron chi connectivity index (χ0n) is 6.05. The van der Waals surface area contributed by atoms with Gasteiger partial charge in [-0.2, -0.15) is 0 Å². The predicted molar refractivity (Wildman–Crippen MR) is 57.9 cm³/mol. The van der Waals surface area contributed by atoms with E-state index in [1.807, 2.05) is 18.2 Å². The lowest BCUT2D eigenvalue weighted by atomic mass is 10.2. The van der Waals surface area contributed by atoms with Gasteiger partial charge >= 0.3 is 0 Å². The van der Waals surface area contributed by atoms with Gasteiger partial charge in [0.2, 0.25) is 0 Å². The third-order valence-electron chi connectivity index (χ3n) is 1.33. The lowest BCUT2D eigenvalue weighted by molar-refractivity contribution is 1.08. The lowest BCUT2D eigenvalue weighted by Crippen LogP contribution is -1.82. The van der Waals surface area contributed by atoms with Crippen molar-refractivity contribution in [1.29, 1.82) is 0 Å². The number of nitrogens with zero attached hydrogens (tertiary/aromatic N) is 1. The SMILES string of the molecule is S=C=NCc1ccc(Br)cc1Cl. The predicted octanol–water partition coefficient (Wildman–Crippen LogP) is 3.71. The van der Waals surface area contributed by atoms with Crippen LogP contribution in [0.4, 0.5) is 0 Å². The fourth-order valence-electron chi connectivity index (χ4n) is 0.767. The van der Waals surface area contributed by atoms with Gasteiger partial charge in [0.1, 0.15) is 0 Å². The minimum Gasteiger partial charge on any atom is -0.228 e. The van der Waals surface area contributed by atoms with Crippen molar-refractivity contribution in [2.75, 3.05) is 0 Å². The van der Waals surface area contributed by atoms with E-state index in [2.05, 4.69) is 38.3 Å². The second-order valence-electron chi connectivity index (χ2n) is 2.14. The number of hydrogen-bond acceptors (Lipinski definition) is 2. The molecule has 1 aromatic rings. The van der Waals surface area contributed by atoms with E-state index in [0.29, 0.717) is 11.6 Å². The zero-order valence-corrected chi connectivity index (χ0v) is 9.21. The first-order valence-electron chi connectivity index (χ1n) is 3.21. The van der Waals surface area contributed by atoms with Crippen LogP contribution in [-0.2, 0) is 6.54 Å². The van der Waals surface area contributed by atoms with Gasteiger partial charge in [0.25, 0.3) is 0 Å². The highest BCUT2D eigenvalue weighted by Crippen LogP contribution is 2.21. The maximum Gasteiger partial charge on any atom is 0.0757 e. The minimum absolute atomic E-state index is 0.496. The first-order valence-corrected chi connectivity index (χ1v) is 4.79. The summed E-state index contributed by atoms with van der Waals surface area (Å²) in [6.45, 7) is 0.496. The van der Waals surface area contributed by atoms with E-state index in [4.69, 9.17) is 11.6 Å². The summed E-state index contributed by atoms with van der Waals surface area (Å²) in [5.41, 5.74) is 0.956. The molecule has 1 aromatic carbocycles. The molecule has 1 rings (SSSR count). The van der Waals surface area contributed by atoms with Crippen molar-refractivity contribution in [2.24, 2.45) is 4.99 Å². The summed E-state index contributed by atoms with van der Waals surface area (Å²) in [6.07, 6.45) is 0. The fourth-order valence-corrected chi connectivity index (χ4v) is 1.57. The summed E-state index contributed by atoms with van der Waals surface area (Å²) in [5.74, 6) is 0. The van der Waals surface area contributed by atoms with E-state index in [1.165, 1.54) is 0 Å². The van der Waals surface area contributed by atoms with Crippen molar-refractivity contribution in [2.45, 2.75) is 6.54 Å². The van der Waals surface area contributed by atoms with Crippen LogP contribution in [0.15, 0.2) is 27.7 Å². The number of isothiocyanates is 1. The van der Waals surface area contributed by atoms with Gasteiger partial charge in [-0.05, 0) is 29.9 Å². The lowest BCUT2D eigenvalue weighted by Gasteiger charge is -1.99. The smallest absolute Gasteiger partial charge is 0.0757 e. The third-order valence-corrected chi connectivity index (χ3v) is 2.30. The van der Waals surface area contributed by atoms with Crippen LogP contribution in [0.3, 0.4) is 0 Å². The van der Waals surface area contributed by atoms with E-state index in [1.54, 1.807) is 0 Å². The summed E-state index contributed by atoms with van der Waals surface area (Å²) in [5, 5.41) is 2.99. The second kappa shape index (κ2) is 4.73. The van der Waals surface area contributed by atoms with Crippen LogP contribution in [0.1, 0.15) is 5.56 Å². The topological polar surface area (TPSA) is 12.4 Å². The molecule has 0 aliphatic heterocycles. The molecule has 62 valence electrons. The van der Waals surface area contributed by atoms with Crippen molar-refractivity contribution in [3.05, 3.63) is 33.3 Å². The van der Waals surface area contributed by atoms with Gasteiger partial charge < -0.3 is 0 Å². The third kappa shape index (κ3) is 2.68. The van der Waals surface area contributed by atoms with E-state index in [0.717, 1.165) is 10.0 Å². The van der Waals surface area contributed by atoms with Crippen LogP contribution >= 0.6 is 39.7 Å². The summed E-state index contributed by atoms with van der Waals surface area (Å²) >= 11 is 13.7. The van der Waals surface area contributed by atoms with Gasteiger partial charge in [-0.1, -0.05) is 33.6 Å². The molecule has 1 nitrogen and oxygen atoms in total. The number of benzene rings is 1. The molecule has 0 aliphatic carbocycles. The first kappa shape index (κ1) is 9.87. The van der Waals surface area contributed by atoms with Crippen molar-refractivity contribution >= 4 is 44.9 Å². The Bertz CT molecular complexity index is 334. The van der Waals surface area contributed by atoms with E-state index >= 15 is 0 Å². The Labute approximate surface area is 89.6 Å². The van der Waals surface area contributed by atoms with Crippen LogP contribution in [-0.4, -0.2) is 5.16 Å². The van der Waals surface area contributed by atoms with Crippen LogP contribution in [0.5, 0.6) is 0 Å². The molecular formula is C8H5BrClNS. The second-order valence-corrected chi connectivity index (χ2v) is 3.65. The number of hydrogen-bond donors (Lipinski definition) is 0. The average Bonchev–Trinajstić information content (AvgIpc) is 2.03. The minimum atomic E-state index is 0.496. The molecule has 0 unspecified atom stereocenters. The Kier molecular flexibility index (Phi) is 3.89. The van der Waals surface area contributed by atoms with Crippen molar-refractivity contribution in [3.63, 3.8) is 0 Å². The van der Waals surface area contributed by atoms with Gasteiger partial charge in [-0.3, -0.25) is 0 Å². The van der Waals surface area contributed by atoms with Crippen LogP contribution in [0.2, 0.25) is 5.02 Å². The number of halogens is 2. The monoisotopic (exact) mass is 261 g/mol. The summed E-state index contributed by atoms with van der Waals surface area (Å²) in [4.78, 5) is 3.80.